The number of halogens is 2. The Morgan fingerprint density at radius 2 is 2.00 bits per heavy atom. The van der Waals surface area contributed by atoms with Gasteiger partial charge in [0.05, 0.1) is 6.61 Å². The summed E-state index contributed by atoms with van der Waals surface area (Å²) in [6.45, 7) is -0.928. The van der Waals surface area contributed by atoms with Gasteiger partial charge in [0.25, 0.3) is 0 Å². The number of thiocarbonyl (C=S) groups is 1. The normalized spacial score (nSPS) is 13.7. The lowest BCUT2D eigenvalue weighted by Crippen LogP contribution is -2.25. The fourth-order valence-electron chi connectivity index (χ4n) is 1.21. The minimum Gasteiger partial charge on any atom is -0.332 e. The van der Waals surface area contributed by atoms with Crippen molar-refractivity contribution in [3.8, 4) is 0 Å². The average molecular weight is 359 g/mol. The summed E-state index contributed by atoms with van der Waals surface area (Å²) in [5.41, 5.74) is 0.610. The van der Waals surface area contributed by atoms with Gasteiger partial charge < -0.3 is 9.84 Å². The molecule has 2 N–H and O–H groups in total. The molecule has 0 saturated heterocycles. The van der Waals surface area contributed by atoms with Gasteiger partial charge in [0.2, 0.25) is 0 Å². The molecule has 0 heterocycles. The lowest BCUT2D eigenvalue weighted by Gasteiger charge is -2.18. The van der Waals surface area contributed by atoms with E-state index in [0.717, 1.165) is 11.4 Å². The molecule has 0 amide bonds. The van der Waals surface area contributed by atoms with Crippen molar-refractivity contribution >= 4 is 64.3 Å². The van der Waals surface area contributed by atoms with E-state index in [1.54, 1.807) is 31.4 Å². The van der Waals surface area contributed by atoms with Gasteiger partial charge in [-0.15, -0.1) is 0 Å². The summed E-state index contributed by atoms with van der Waals surface area (Å²) in [7, 11) is 0. The van der Waals surface area contributed by atoms with Gasteiger partial charge >= 0.3 is 6.72 Å². The van der Waals surface area contributed by atoms with E-state index in [1.165, 1.54) is 0 Å². The third kappa shape index (κ3) is 5.90. The van der Waals surface area contributed by atoms with Crippen molar-refractivity contribution in [1.82, 2.24) is 5.09 Å². The van der Waals surface area contributed by atoms with E-state index in [1.807, 2.05) is 0 Å². The third-order valence-electron chi connectivity index (χ3n) is 1.90. The van der Waals surface area contributed by atoms with Crippen LogP contribution in [0.25, 0.3) is 0 Å². The molecule has 1 aromatic carbocycles. The highest BCUT2D eigenvalue weighted by atomic mass is 35.5. The third-order valence-corrected chi connectivity index (χ3v) is 6.30. The van der Waals surface area contributed by atoms with Gasteiger partial charge in [-0.25, -0.2) is 0 Å². The fraction of sp³-hybridized carbons (Fsp3) is 0.300. The van der Waals surface area contributed by atoms with Gasteiger partial charge in [0.1, 0.15) is 0 Å². The predicted octanol–water partition coefficient (Wildman–Crippen LogP) is 4.79. The maximum absolute atomic E-state index is 12.2. The molecule has 0 radical (unpaired) electrons. The minimum atomic E-state index is -3.02. The number of benzene rings is 1. The van der Waals surface area contributed by atoms with Gasteiger partial charge in [-0.1, -0.05) is 34.6 Å². The lowest BCUT2D eigenvalue weighted by molar-refractivity contribution is 0.343. The molecule has 0 fully saturated rings. The van der Waals surface area contributed by atoms with Crippen LogP contribution in [-0.2, 0) is 9.09 Å². The summed E-state index contributed by atoms with van der Waals surface area (Å²) >= 11 is 17.9. The Morgan fingerprint density at radius 3 is 2.47 bits per heavy atom. The second-order valence-corrected chi connectivity index (χ2v) is 8.98. The molecule has 0 aliphatic heterocycles. The number of hydrogen-bond donors (Lipinski definition) is 2. The van der Waals surface area contributed by atoms with Crippen LogP contribution < -0.4 is 10.4 Å². The number of hydrogen-bond acceptors (Lipinski definition) is 4. The molecule has 0 saturated carbocycles. The van der Waals surface area contributed by atoms with Crippen LogP contribution in [0, 0.1) is 0 Å². The van der Waals surface area contributed by atoms with E-state index < -0.39 is 6.72 Å². The van der Waals surface area contributed by atoms with Crippen LogP contribution in [-0.4, -0.2) is 18.0 Å². The molecule has 1 rings (SSSR count). The van der Waals surface area contributed by atoms with Crippen molar-refractivity contribution < 1.29 is 9.09 Å². The van der Waals surface area contributed by atoms with Gasteiger partial charge in [-0.05, 0) is 43.6 Å². The summed E-state index contributed by atoms with van der Waals surface area (Å²) in [6.07, 6.45) is 1.68. The first-order valence-corrected chi connectivity index (χ1v) is 9.86. The van der Waals surface area contributed by atoms with Gasteiger partial charge in [-0.3, -0.25) is 9.65 Å². The Kier molecular flexibility index (Phi) is 6.94. The minimum absolute atomic E-state index is 0.185. The van der Waals surface area contributed by atoms with Crippen molar-refractivity contribution in [3.05, 3.63) is 28.2 Å². The first-order chi connectivity index (χ1) is 8.88. The Morgan fingerprint density at radius 1 is 1.42 bits per heavy atom. The van der Waals surface area contributed by atoms with E-state index in [9.17, 15) is 4.57 Å². The molecule has 106 valence electrons. The topological polar surface area (TPSA) is 50.4 Å². The van der Waals surface area contributed by atoms with E-state index in [0.29, 0.717) is 22.3 Å². The molecule has 19 heavy (non-hydrogen) atoms. The van der Waals surface area contributed by atoms with Crippen LogP contribution in [0.2, 0.25) is 10.0 Å². The van der Waals surface area contributed by atoms with Gasteiger partial charge in [-0.2, -0.15) is 0 Å². The predicted molar refractivity (Wildman–Crippen MR) is 88.6 cm³/mol. The molecule has 0 spiro atoms. The molecule has 1 unspecified atom stereocenters. The second-order valence-electron chi connectivity index (χ2n) is 3.32. The van der Waals surface area contributed by atoms with Crippen LogP contribution >= 0.6 is 53.5 Å². The lowest BCUT2D eigenvalue weighted by atomic mass is 10.3. The molecule has 0 aliphatic rings. The highest BCUT2D eigenvalue weighted by molar-refractivity contribution is 8.55. The molecule has 4 nitrogen and oxygen atoms in total. The Balaban J connectivity index is 2.72. The highest BCUT2D eigenvalue weighted by Crippen LogP contribution is 2.54. The Hall–Kier alpha value is 0.0300. The number of nitrogens with one attached hydrogen (secondary N) is 2. The molecule has 0 bridgehead atoms. The summed E-state index contributed by atoms with van der Waals surface area (Å²) in [6, 6.07) is 4.93. The van der Waals surface area contributed by atoms with Crippen LogP contribution in [0.1, 0.15) is 6.92 Å². The van der Waals surface area contributed by atoms with Crippen LogP contribution in [0.15, 0.2) is 18.2 Å². The zero-order valence-electron chi connectivity index (χ0n) is 10.3. The van der Waals surface area contributed by atoms with E-state index in [2.05, 4.69) is 10.4 Å². The smallest absolute Gasteiger partial charge is 0.332 e. The zero-order valence-corrected chi connectivity index (χ0v) is 14.3. The standard InChI is InChI=1S/C10H13Cl2N2O2PS2/c1-3-16-17(15,19-2)14-10(18)13-9-5-7(11)4-8(12)6-9/h4-6H,3H2,1-2H3,(H2,13,14,15,18). The molecular weight excluding hydrogens is 346 g/mol. The van der Waals surface area contributed by atoms with Crippen molar-refractivity contribution in [1.29, 1.82) is 0 Å². The fourth-order valence-corrected chi connectivity index (χ4v) is 4.47. The van der Waals surface area contributed by atoms with Crippen LogP contribution in [0.5, 0.6) is 0 Å². The first kappa shape index (κ1) is 17.1. The summed E-state index contributed by atoms with van der Waals surface area (Å²) in [5.74, 6) is 0. The first-order valence-electron chi connectivity index (χ1n) is 5.24. The highest BCUT2D eigenvalue weighted by Gasteiger charge is 2.22. The van der Waals surface area contributed by atoms with Gasteiger partial charge in [0.15, 0.2) is 5.11 Å². The Labute approximate surface area is 131 Å². The molecule has 1 atom stereocenters. The monoisotopic (exact) mass is 358 g/mol. The molecule has 9 heteroatoms. The van der Waals surface area contributed by atoms with Crippen molar-refractivity contribution in [2.24, 2.45) is 0 Å². The van der Waals surface area contributed by atoms with Crippen LogP contribution in [0.4, 0.5) is 5.69 Å². The van der Waals surface area contributed by atoms with Crippen molar-refractivity contribution in [3.63, 3.8) is 0 Å². The molecule has 1 aromatic rings. The molecule has 0 aromatic heterocycles. The van der Waals surface area contributed by atoms with Crippen LogP contribution in [0.3, 0.4) is 0 Å². The van der Waals surface area contributed by atoms with Crippen molar-refractivity contribution in [2.75, 3.05) is 18.2 Å². The summed E-state index contributed by atoms with van der Waals surface area (Å²) < 4.78 is 17.3. The zero-order chi connectivity index (χ0) is 14.5. The summed E-state index contributed by atoms with van der Waals surface area (Å²) in [4.78, 5) is 0. The maximum atomic E-state index is 12.2. The largest absolute Gasteiger partial charge is 0.352 e. The van der Waals surface area contributed by atoms with Crippen molar-refractivity contribution in [2.45, 2.75) is 6.92 Å². The molecular formula is C10H13Cl2N2O2PS2. The molecule has 0 aliphatic carbocycles. The summed E-state index contributed by atoms with van der Waals surface area (Å²) in [5, 5.41) is 6.67. The van der Waals surface area contributed by atoms with E-state index >= 15 is 0 Å². The van der Waals surface area contributed by atoms with Gasteiger partial charge in [0, 0.05) is 15.7 Å². The number of anilines is 1. The van der Waals surface area contributed by atoms with E-state index in [-0.39, 0.29) is 5.11 Å². The quantitative estimate of drug-likeness (QED) is 0.583. The second kappa shape index (κ2) is 7.72. The average Bonchev–Trinajstić information content (AvgIpc) is 2.27. The Bertz CT molecular complexity index is 496. The SMILES string of the molecule is CCOP(=O)(NC(=S)Nc1cc(Cl)cc(Cl)c1)SC. The maximum Gasteiger partial charge on any atom is 0.352 e. The number of rotatable bonds is 5. The van der Waals surface area contributed by atoms with E-state index in [4.69, 9.17) is 39.9 Å².